The number of oxazole rings is 1. The molecule has 0 aliphatic heterocycles. The molecule has 1 heterocycles. The van der Waals surface area contributed by atoms with Crippen molar-refractivity contribution < 1.29 is 18.7 Å². The van der Waals surface area contributed by atoms with Crippen LogP contribution < -0.4 is 4.74 Å². The Kier molecular flexibility index (Phi) is 6.49. The molecule has 0 saturated heterocycles. The van der Waals surface area contributed by atoms with E-state index in [4.69, 9.17) is 25.5 Å². The predicted molar refractivity (Wildman–Crippen MR) is 104 cm³/mol. The van der Waals surface area contributed by atoms with Crippen LogP contribution in [-0.4, -0.2) is 24.2 Å². The van der Waals surface area contributed by atoms with Gasteiger partial charge in [-0.3, -0.25) is 4.79 Å². The topological polar surface area (TPSA) is 61.6 Å². The maximum absolute atomic E-state index is 11.3. The number of halogens is 1. The van der Waals surface area contributed by atoms with Crippen LogP contribution in [0.2, 0.25) is 5.02 Å². The molecule has 27 heavy (non-hydrogen) atoms. The molecule has 6 heteroatoms. The average molecular weight is 386 g/mol. The zero-order valence-electron chi connectivity index (χ0n) is 15.0. The van der Waals surface area contributed by atoms with E-state index in [-0.39, 0.29) is 5.97 Å². The van der Waals surface area contributed by atoms with Crippen LogP contribution >= 0.6 is 11.6 Å². The predicted octanol–water partition coefficient (Wildman–Crippen LogP) is 5.38. The second kappa shape index (κ2) is 9.24. The van der Waals surface area contributed by atoms with E-state index in [1.807, 2.05) is 48.5 Å². The van der Waals surface area contributed by atoms with Gasteiger partial charge in [-0.05, 0) is 49.7 Å². The van der Waals surface area contributed by atoms with Crippen molar-refractivity contribution >= 4 is 17.6 Å². The summed E-state index contributed by atoms with van der Waals surface area (Å²) in [6.45, 7) is 2.65. The molecule has 0 N–H and O–H groups in total. The summed E-state index contributed by atoms with van der Waals surface area (Å²) in [7, 11) is 0. The molecule has 0 spiro atoms. The number of hydrogen-bond donors (Lipinski definition) is 0. The summed E-state index contributed by atoms with van der Waals surface area (Å²) in [6.07, 6.45) is 2.60. The summed E-state index contributed by atoms with van der Waals surface area (Å²) in [4.78, 5) is 15.8. The Morgan fingerprint density at radius 2 is 1.78 bits per heavy atom. The minimum Gasteiger partial charge on any atom is -0.494 e. The van der Waals surface area contributed by atoms with Gasteiger partial charge in [0.15, 0.2) is 0 Å². The maximum atomic E-state index is 11.3. The van der Waals surface area contributed by atoms with Crippen LogP contribution in [0, 0.1) is 0 Å². The van der Waals surface area contributed by atoms with Gasteiger partial charge in [-0.15, -0.1) is 0 Å². The van der Waals surface area contributed by atoms with E-state index >= 15 is 0 Å². The summed E-state index contributed by atoms with van der Waals surface area (Å²) in [6, 6.07) is 14.9. The molecule has 0 fully saturated rings. The van der Waals surface area contributed by atoms with Gasteiger partial charge in [0.25, 0.3) is 0 Å². The van der Waals surface area contributed by atoms with E-state index in [2.05, 4.69) is 4.98 Å². The standard InChI is InChI=1S/C21H20ClNO4/c1-2-25-20(24)4-3-13-26-18-11-7-16(8-12-18)21-23-19(14-27-21)15-5-9-17(22)10-6-15/h5-12,14H,2-4,13H2,1H3. The molecule has 3 rings (SSSR count). The van der Waals surface area contributed by atoms with Crippen molar-refractivity contribution in [1.82, 2.24) is 4.98 Å². The molecule has 140 valence electrons. The number of esters is 1. The van der Waals surface area contributed by atoms with Gasteiger partial charge >= 0.3 is 5.97 Å². The molecule has 1 aromatic heterocycles. The lowest BCUT2D eigenvalue weighted by Gasteiger charge is -2.06. The Morgan fingerprint density at radius 1 is 1.07 bits per heavy atom. The van der Waals surface area contributed by atoms with Gasteiger partial charge in [0.1, 0.15) is 17.7 Å². The summed E-state index contributed by atoms with van der Waals surface area (Å²) in [5.74, 6) is 1.07. The fourth-order valence-corrected chi connectivity index (χ4v) is 2.62. The van der Waals surface area contributed by atoms with Crippen molar-refractivity contribution in [1.29, 1.82) is 0 Å². The SMILES string of the molecule is CCOC(=O)CCCOc1ccc(-c2nc(-c3ccc(Cl)cc3)co2)cc1. The van der Waals surface area contributed by atoms with Crippen molar-refractivity contribution in [3.63, 3.8) is 0 Å². The van der Waals surface area contributed by atoms with Gasteiger partial charge in [-0.2, -0.15) is 0 Å². The van der Waals surface area contributed by atoms with Crippen LogP contribution in [-0.2, 0) is 9.53 Å². The van der Waals surface area contributed by atoms with Crippen LogP contribution in [0.15, 0.2) is 59.2 Å². The first kappa shape index (κ1) is 19.0. The van der Waals surface area contributed by atoms with Crippen LogP contribution in [0.25, 0.3) is 22.7 Å². The van der Waals surface area contributed by atoms with Crippen molar-refractivity contribution in [2.24, 2.45) is 0 Å². The maximum Gasteiger partial charge on any atom is 0.305 e. The van der Waals surface area contributed by atoms with E-state index in [1.54, 1.807) is 13.2 Å². The van der Waals surface area contributed by atoms with Crippen LogP contribution in [0.3, 0.4) is 0 Å². The molecular weight excluding hydrogens is 366 g/mol. The highest BCUT2D eigenvalue weighted by Crippen LogP contribution is 2.26. The summed E-state index contributed by atoms with van der Waals surface area (Å²) < 4.78 is 16.1. The van der Waals surface area contributed by atoms with Crippen molar-refractivity contribution in [3.05, 3.63) is 59.8 Å². The van der Waals surface area contributed by atoms with E-state index in [1.165, 1.54) is 0 Å². The number of carbonyl (C=O) groups excluding carboxylic acids is 1. The van der Waals surface area contributed by atoms with E-state index in [0.717, 1.165) is 22.6 Å². The fraction of sp³-hybridized carbons (Fsp3) is 0.238. The molecule has 5 nitrogen and oxygen atoms in total. The summed E-state index contributed by atoms with van der Waals surface area (Å²) >= 11 is 5.91. The number of rotatable bonds is 8. The van der Waals surface area contributed by atoms with Gasteiger partial charge in [0.05, 0.1) is 13.2 Å². The number of ether oxygens (including phenoxy) is 2. The average Bonchev–Trinajstić information content (AvgIpc) is 3.17. The van der Waals surface area contributed by atoms with Gasteiger partial charge in [0, 0.05) is 22.6 Å². The molecule has 0 radical (unpaired) electrons. The second-order valence-electron chi connectivity index (χ2n) is 5.83. The van der Waals surface area contributed by atoms with Crippen LogP contribution in [0.5, 0.6) is 5.75 Å². The molecule has 2 aromatic carbocycles. The van der Waals surface area contributed by atoms with Gasteiger partial charge in [0.2, 0.25) is 5.89 Å². The number of aromatic nitrogens is 1. The molecule has 0 amide bonds. The highest BCUT2D eigenvalue weighted by Gasteiger charge is 2.09. The first-order valence-corrected chi connectivity index (χ1v) is 9.14. The lowest BCUT2D eigenvalue weighted by atomic mass is 10.2. The number of hydrogen-bond acceptors (Lipinski definition) is 5. The van der Waals surface area contributed by atoms with E-state index < -0.39 is 0 Å². The quantitative estimate of drug-likeness (QED) is 0.384. The molecule has 3 aromatic rings. The zero-order valence-corrected chi connectivity index (χ0v) is 15.7. The first-order valence-electron chi connectivity index (χ1n) is 8.76. The first-order chi connectivity index (χ1) is 13.2. The Balaban J connectivity index is 1.56. The Labute approximate surface area is 162 Å². The number of benzene rings is 2. The third kappa shape index (κ3) is 5.34. The van der Waals surface area contributed by atoms with Gasteiger partial charge in [-0.25, -0.2) is 4.98 Å². The lowest BCUT2D eigenvalue weighted by Crippen LogP contribution is -2.06. The molecule has 0 unspecified atom stereocenters. The molecule has 0 saturated carbocycles. The monoisotopic (exact) mass is 385 g/mol. The molecular formula is C21H20ClNO4. The summed E-state index contributed by atoms with van der Waals surface area (Å²) in [5, 5.41) is 0.681. The fourth-order valence-electron chi connectivity index (χ4n) is 2.49. The largest absolute Gasteiger partial charge is 0.494 e. The lowest BCUT2D eigenvalue weighted by molar-refractivity contribution is -0.143. The van der Waals surface area contributed by atoms with Gasteiger partial charge < -0.3 is 13.9 Å². The minimum atomic E-state index is -0.197. The van der Waals surface area contributed by atoms with Crippen LogP contribution in [0.1, 0.15) is 19.8 Å². The van der Waals surface area contributed by atoms with Crippen molar-refractivity contribution in [2.45, 2.75) is 19.8 Å². The molecule has 0 atom stereocenters. The Hall–Kier alpha value is -2.79. The number of nitrogens with zero attached hydrogens (tertiary/aromatic N) is 1. The van der Waals surface area contributed by atoms with Crippen molar-refractivity contribution in [2.75, 3.05) is 13.2 Å². The zero-order chi connectivity index (χ0) is 19.1. The Morgan fingerprint density at radius 3 is 2.48 bits per heavy atom. The Bertz CT molecular complexity index is 872. The molecule has 0 aliphatic rings. The highest BCUT2D eigenvalue weighted by molar-refractivity contribution is 6.30. The summed E-state index contributed by atoms with van der Waals surface area (Å²) in [5.41, 5.74) is 2.55. The number of carbonyl (C=O) groups is 1. The van der Waals surface area contributed by atoms with Crippen LogP contribution in [0.4, 0.5) is 0 Å². The van der Waals surface area contributed by atoms with E-state index in [0.29, 0.717) is 37.0 Å². The third-order valence-electron chi connectivity index (χ3n) is 3.84. The third-order valence-corrected chi connectivity index (χ3v) is 4.10. The normalized spacial score (nSPS) is 10.6. The minimum absolute atomic E-state index is 0.197. The molecule has 0 bridgehead atoms. The highest BCUT2D eigenvalue weighted by atomic mass is 35.5. The molecule has 0 aliphatic carbocycles. The van der Waals surface area contributed by atoms with E-state index in [9.17, 15) is 4.79 Å². The van der Waals surface area contributed by atoms with Gasteiger partial charge in [-0.1, -0.05) is 23.7 Å². The second-order valence-corrected chi connectivity index (χ2v) is 6.26. The smallest absolute Gasteiger partial charge is 0.305 e. The van der Waals surface area contributed by atoms with Crippen molar-refractivity contribution in [3.8, 4) is 28.5 Å².